The van der Waals surface area contributed by atoms with Gasteiger partial charge in [0.25, 0.3) is 0 Å². The minimum Gasteiger partial charge on any atom is -0.490 e. The second-order valence-electron chi connectivity index (χ2n) is 4.74. The van der Waals surface area contributed by atoms with Gasteiger partial charge in [-0.2, -0.15) is 8.42 Å². The fraction of sp³-hybridized carbons (Fsp3) is 0.250. The normalized spacial score (nSPS) is 11.0. The van der Waals surface area contributed by atoms with Gasteiger partial charge in [0.1, 0.15) is 4.90 Å². The van der Waals surface area contributed by atoms with Crippen molar-refractivity contribution in [2.45, 2.75) is 18.7 Å². The quantitative estimate of drug-likeness (QED) is 0.401. The average molecular weight is 367 g/mol. The van der Waals surface area contributed by atoms with Crippen LogP contribution in [0.3, 0.4) is 0 Å². The maximum Gasteiger partial charge on any atom is 0.339 e. The zero-order chi connectivity index (χ0) is 18.4. The van der Waals surface area contributed by atoms with E-state index in [1.165, 1.54) is 36.4 Å². The first-order valence-corrected chi connectivity index (χ1v) is 8.87. The van der Waals surface area contributed by atoms with Gasteiger partial charge < -0.3 is 13.7 Å². The summed E-state index contributed by atoms with van der Waals surface area (Å²) in [5, 5.41) is 11.0. The molecule has 134 valence electrons. The summed E-state index contributed by atoms with van der Waals surface area (Å²) in [5.74, 6) is 0.282. The summed E-state index contributed by atoms with van der Waals surface area (Å²) in [6, 6.07) is 9.24. The average Bonchev–Trinajstić information content (AvgIpc) is 2.56. The Kier molecular flexibility index (Phi) is 5.81. The van der Waals surface area contributed by atoms with E-state index in [2.05, 4.69) is 0 Å². The number of benzene rings is 2. The van der Waals surface area contributed by atoms with Crippen LogP contribution in [0.25, 0.3) is 0 Å². The Morgan fingerprint density at radius 1 is 0.960 bits per heavy atom. The summed E-state index contributed by atoms with van der Waals surface area (Å²) in [7, 11) is -4.28. The molecular weight excluding hydrogens is 350 g/mol. The van der Waals surface area contributed by atoms with Crippen molar-refractivity contribution in [3.8, 4) is 17.2 Å². The van der Waals surface area contributed by atoms with Crippen LogP contribution < -0.4 is 13.7 Å². The molecule has 0 saturated heterocycles. The number of hydrogen-bond acceptors (Lipinski definition) is 7. The van der Waals surface area contributed by atoms with E-state index in [0.717, 1.165) is 6.07 Å². The molecule has 25 heavy (non-hydrogen) atoms. The lowest BCUT2D eigenvalue weighted by molar-refractivity contribution is -0.385. The van der Waals surface area contributed by atoms with E-state index < -0.39 is 20.7 Å². The molecule has 9 heteroatoms. The van der Waals surface area contributed by atoms with Crippen LogP contribution in [-0.2, 0) is 10.1 Å². The van der Waals surface area contributed by atoms with E-state index in [0.29, 0.717) is 19.0 Å². The van der Waals surface area contributed by atoms with Gasteiger partial charge in [-0.15, -0.1) is 0 Å². The van der Waals surface area contributed by atoms with E-state index in [4.69, 9.17) is 13.7 Å². The maximum atomic E-state index is 12.5. The van der Waals surface area contributed by atoms with Crippen LogP contribution in [0.15, 0.2) is 47.4 Å². The van der Waals surface area contributed by atoms with Crippen LogP contribution in [0.2, 0.25) is 0 Å². The number of nitro benzene ring substituents is 1. The molecule has 0 saturated carbocycles. The third kappa shape index (κ3) is 4.38. The number of nitrogens with zero attached hydrogens (tertiary/aromatic N) is 1. The molecule has 0 atom stereocenters. The van der Waals surface area contributed by atoms with Gasteiger partial charge in [-0.1, -0.05) is 12.1 Å². The van der Waals surface area contributed by atoms with Crippen molar-refractivity contribution in [3.05, 3.63) is 52.6 Å². The van der Waals surface area contributed by atoms with Gasteiger partial charge in [0.2, 0.25) is 5.75 Å². The molecule has 0 radical (unpaired) electrons. The highest BCUT2D eigenvalue weighted by molar-refractivity contribution is 7.87. The molecule has 0 spiro atoms. The lowest BCUT2D eigenvalue weighted by Crippen LogP contribution is -2.11. The van der Waals surface area contributed by atoms with Gasteiger partial charge in [-0.05, 0) is 32.0 Å². The Hall–Kier alpha value is -2.81. The SMILES string of the molecule is CCOc1ccc(S(=O)(=O)Oc2ccccc2[N+](=O)[O-])cc1OCC. The smallest absolute Gasteiger partial charge is 0.339 e. The van der Waals surface area contributed by atoms with Gasteiger partial charge in [0, 0.05) is 12.1 Å². The monoisotopic (exact) mass is 367 g/mol. The molecule has 0 amide bonds. The molecule has 2 aromatic rings. The summed E-state index contributed by atoms with van der Waals surface area (Å²) in [6.45, 7) is 4.24. The highest BCUT2D eigenvalue weighted by Crippen LogP contribution is 2.33. The summed E-state index contributed by atoms with van der Waals surface area (Å²) >= 11 is 0. The Bertz CT molecular complexity index is 865. The molecule has 0 aliphatic carbocycles. The number of nitro groups is 1. The van der Waals surface area contributed by atoms with Crippen LogP contribution in [0, 0.1) is 10.1 Å². The molecule has 2 rings (SSSR count). The van der Waals surface area contributed by atoms with Crippen molar-refractivity contribution in [1.29, 1.82) is 0 Å². The van der Waals surface area contributed by atoms with Gasteiger partial charge in [-0.25, -0.2) is 0 Å². The number of para-hydroxylation sites is 2. The third-order valence-corrected chi connectivity index (χ3v) is 4.30. The Morgan fingerprint density at radius 3 is 2.24 bits per heavy atom. The molecule has 0 heterocycles. The summed E-state index contributed by atoms with van der Waals surface area (Å²) < 4.78 is 40.6. The van der Waals surface area contributed by atoms with Crippen LogP contribution in [0.4, 0.5) is 5.69 Å². The van der Waals surface area contributed by atoms with E-state index >= 15 is 0 Å². The van der Waals surface area contributed by atoms with Crippen molar-refractivity contribution < 1.29 is 27.0 Å². The number of hydrogen-bond donors (Lipinski definition) is 0. The first-order chi connectivity index (χ1) is 11.9. The zero-order valence-corrected chi connectivity index (χ0v) is 14.5. The summed E-state index contributed by atoms with van der Waals surface area (Å²) in [6.07, 6.45) is 0. The minimum absolute atomic E-state index is 0.197. The highest BCUT2D eigenvalue weighted by Gasteiger charge is 2.24. The van der Waals surface area contributed by atoms with Gasteiger partial charge in [-0.3, -0.25) is 10.1 Å². The number of rotatable bonds is 8. The van der Waals surface area contributed by atoms with E-state index in [9.17, 15) is 18.5 Å². The fourth-order valence-corrected chi connectivity index (χ4v) is 2.99. The summed E-state index contributed by atoms with van der Waals surface area (Å²) in [4.78, 5) is 10.1. The molecule has 0 fully saturated rings. The second-order valence-corrected chi connectivity index (χ2v) is 6.28. The Balaban J connectivity index is 2.40. The van der Waals surface area contributed by atoms with Crippen molar-refractivity contribution in [2.75, 3.05) is 13.2 Å². The van der Waals surface area contributed by atoms with E-state index in [1.807, 2.05) is 0 Å². The van der Waals surface area contributed by atoms with Gasteiger partial charge in [0.05, 0.1) is 18.1 Å². The number of ether oxygens (including phenoxy) is 2. The first-order valence-electron chi connectivity index (χ1n) is 7.46. The van der Waals surface area contributed by atoms with Crippen LogP contribution >= 0.6 is 0 Å². The molecule has 0 unspecified atom stereocenters. The van der Waals surface area contributed by atoms with Crippen LogP contribution in [0.5, 0.6) is 17.2 Å². The molecule has 0 aromatic heterocycles. The van der Waals surface area contributed by atoms with Gasteiger partial charge >= 0.3 is 15.8 Å². The maximum absolute atomic E-state index is 12.5. The second kappa shape index (κ2) is 7.84. The molecule has 8 nitrogen and oxygen atoms in total. The van der Waals surface area contributed by atoms with E-state index in [1.54, 1.807) is 13.8 Å². The van der Waals surface area contributed by atoms with Crippen LogP contribution in [0.1, 0.15) is 13.8 Å². The minimum atomic E-state index is -4.28. The molecule has 0 aliphatic rings. The topological polar surface area (TPSA) is 105 Å². The zero-order valence-electron chi connectivity index (χ0n) is 13.7. The molecular formula is C16H17NO7S. The van der Waals surface area contributed by atoms with Crippen molar-refractivity contribution in [3.63, 3.8) is 0 Å². The Labute approximate surface area is 145 Å². The molecule has 2 aromatic carbocycles. The lowest BCUT2D eigenvalue weighted by Gasteiger charge is -2.13. The van der Waals surface area contributed by atoms with Gasteiger partial charge in [0.15, 0.2) is 11.5 Å². The van der Waals surface area contributed by atoms with Crippen molar-refractivity contribution in [2.24, 2.45) is 0 Å². The highest BCUT2D eigenvalue weighted by atomic mass is 32.2. The fourth-order valence-electron chi connectivity index (χ4n) is 2.03. The molecule has 0 aliphatic heterocycles. The summed E-state index contributed by atoms with van der Waals surface area (Å²) in [5.41, 5.74) is -0.443. The predicted octanol–water partition coefficient (Wildman–Crippen LogP) is 3.16. The standard InChI is InChI=1S/C16H17NO7S/c1-3-22-15-10-9-12(11-16(15)23-4-2)25(20,21)24-14-8-6-5-7-13(14)17(18)19/h5-11H,3-4H2,1-2H3. The van der Waals surface area contributed by atoms with Crippen molar-refractivity contribution >= 4 is 15.8 Å². The molecule has 0 bridgehead atoms. The molecule has 0 N–H and O–H groups in total. The first kappa shape index (κ1) is 18.5. The largest absolute Gasteiger partial charge is 0.490 e. The Morgan fingerprint density at radius 2 is 1.60 bits per heavy atom. The van der Waals surface area contributed by atoms with Crippen molar-refractivity contribution in [1.82, 2.24) is 0 Å². The van der Waals surface area contributed by atoms with Crippen LogP contribution in [-0.4, -0.2) is 26.6 Å². The third-order valence-electron chi connectivity index (χ3n) is 3.06. The predicted molar refractivity (Wildman–Crippen MR) is 89.7 cm³/mol. The van der Waals surface area contributed by atoms with E-state index in [-0.39, 0.29) is 16.4 Å². The lowest BCUT2D eigenvalue weighted by atomic mass is 10.3.